The molecule has 0 aliphatic heterocycles. The Bertz CT molecular complexity index is 733. The van der Waals surface area contributed by atoms with E-state index in [-0.39, 0.29) is 5.78 Å². The summed E-state index contributed by atoms with van der Waals surface area (Å²) in [5.74, 6) is -0.101. The number of H-pyrrole nitrogens is 1. The maximum atomic E-state index is 12.3. The highest BCUT2D eigenvalue weighted by Crippen LogP contribution is 2.19. The summed E-state index contributed by atoms with van der Waals surface area (Å²) >= 11 is 5.82. The summed E-state index contributed by atoms with van der Waals surface area (Å²) in [4.78, 5) is 12.3. The van der Waals surface area contributed by atoms with Crippen molar-refractivity contribution in [1.82, 2.24) is 10.2 Å². The molecular formula is C16H11ClN2O. The summed E-state index contributed by atoms with van der Waals surface area (Å²) in [7, 11) is 0. The van der Waals surface area contributed by atoms with Crippen LogP contribution in [0, 0.1) is 0 Å². The Morgan fingerprint density at radius 3 is 2.40 bits per heavy atom. The number of nitrogens with one attached hydrogen (secondary N) is 1. The highest BCUT2D eigenvalue weighted by Gasteiger charge is 2.13. The standard InChI is InChI=1S/C16H11ClN2O/c17-13-8-6-12(7-9-13)16(20)15-10-14(18-19-15)11-4-2-1-3-5-11/h1-10H,(H,18,19). The van der Waals surface area contributed by atoms with Crippen molar-refractivity contribution in [3.63, 3.8) is 0 Å². The van der Waals surface area contributed by atoms with Gasteiger partial charge in [0.2, 0.25) is 5.78 Å². The van der Waals surface area contributed by atoms with E-state index in [1.807, 2.05) is 30.3 Å². The van der Waals surface area contributed by atoms with Crippen LogP contribution in [0.15, 0.2) is 60.7 Å². The molecule has 3 nitrogen and oxygen atoms in total. The Hall–Kier alpha value is -2.39. The second-order valence-corrected chi connectivity index (χ2v) is 4.81. The minimum Gasteiger partial charge on any atom is -0.287 e. The van der Waals surface area contributed by atoms with Crippen molar-refractivity contribution in [3.8, 4) is 11.3 Å². The van der Waals surface area contributed by atoms with Crippen LogP contribution in [0.4, 0.5) is 0 Å². The first-order valence-electron chi connectivity index (χ1n) is 6.15. The number of hydrogen-bond donors (Lipinski definition) is 1. The van der Waals surface area contributed by atoms with E-state index in [4.69, 9.17) is 11.6 Å². The number of ketones is 1. The van der Waals surface area contributed by atoms with Crippen LogP contribution in [0.2, 0.25) is 5.02 Å². The van der Waals surface area contributed by atoms with Gasteiger partial charge in [0.05, 0.1) is 5.69 Å². The lowest BCUT2D eigenvalue weighted by Crippen LogP contribution is -2.01. The van der Waals surface area contributed by atoms with Crippen LogP contribution >= 0.6 is 11.6 Å². The number of carbonyl (C=O) groups is 1. The third kappa shape index (κ3) is 2.49. The first kappa shape index (κ1) is 12.6. The van der Waals surface area contributed by atoms with Gasteiger partial charge in [0.1, 0.15) is 5.69 Å². The molecule has 0 spiro atoms. The lowest BCUT2D eigenvalue weighted by Gasteiger charge is -1.97. The number of hydrogen-bond acceptors (Lipinski definition) is 2. The quantitative estimate of drug-likeness (QED) is 0.739. The van der Waals surface area contributed by atoms with Gasteiger partial charge in [-0.3, -0.25) is 9.89 Å². The second kappa shape index (κ2) is 5.31. The van der Waals surface area contributed by atoms with Gasteiger partial charge in [0.15, 0.2) is 0 Å². The van der Waals surface area contributed by atoms with Gasteiger partial charge in [-0.1, -0.05) is 41.9 Å². The summed E-state index contributed by atoms with van der Waals surface area (Å²) in [5.41, 5.74) is 2.77. The molecule has 98 valence electrons. The molecule has 0 fully saturated rings. The average Bonchev–Trinajstić information content (AvgIpc) is 2.98. The topological polar surface area (TPSA) is 45.8 Å². The van der Waals surface area contributed by atoms with Crippen LogP contribution in [0.5, 0.6) is 0 Å². The lowest BCUT2D eigenvalue weighted by atomic mass is 10.1. The van der Waals surface area contributed by atoms with Crippen LogP contribution in [-0.4, -0.2) is 16.0 Å². The Kier molecular flexibility index (Phi) is 3.35. The van der Waals surface area contributed by atoms with Crippen LogP contribution in [0.25, 0.3) is 11.3 Å². The van der Waals surface area contributed by atoms with Gasteiger partial charge >= 0.3 is 0 Å². The summed E-state index contributed by atoms with van der Waals surface area (Å²) < 4.78 is 0. The molecule has 0 aliphatic rings. The molecule has 0 bridgehead atoms. The molecule has 0 amide bonds. The number of benzene rings is 2. The van der Waals surface area contributed by atoms with Crippen LogP contribution in [0.1, 0.15) is 16.1 Å². The summed E-state index contributed by atoms with van der Waals surface area (Å²) in [6.45, 7) is 0. The van der Waals surface area contributed by atoms with Gasteiger partial charge in [0, 0.05) is 16.1 Å². The zero-order valence-electron chi connectivity index (χ0n) is 10.5. The van der Waals surface area contributed by atoms with E-state index >= 15 is 0 Å². The van der Waals surface area contributed by atoms with E-state index in [0.29, 0.717) is 16.3 Å². The summed E-state index contributed by atoms with van der Waals surface area (Å²) in [6, 6.07) is 18.3. The van der Waals surface area contributed by atoms with Gasteiger partial charge in [0.25, 0.3) is 0 Å². The smallest absolute Gasteiger partial charge is 0.210 e. The molecule has 0 aliphatic carbocycles. The zero-order valence-corrected chi connectivity index (χ0v) is 11.3. The highest BCUT2D eigenvalue weighted by molar-refractivity contribution is 6.30. The van der Waals surface area contributed by atoms with E-state index in [1.54, 1.807) is 30.3 Å². The first-order valence-corrected chi connectivity index (χ1v) is 6.53. The van der Waals surface area contributed by atoms with Gasteiger partial charge in [-0.15, -0.1) is 0 Å². The van der Waals surface area contributed by atoms with Crippen molar-refractivity contribution in [2.24, 2.45) is 0 Å². The SMILES string of the molecule is O=C(c1ccc(Cl)cc1)c1cc(-c2ccccc2)n[nH]1. The Morgan fingerprint density at radius 1 is 1.00 bits per heavy atom. The Labute approximate surface area is 121 Å². The number of nitrogens with zero attached hydrogens (tertiary/aromatic N) is 1. The molecule has 0 radical (unpaired) electrons. The maximum absolute atomic E-state index is 12.3. The number of aromatic amines is 1. The highest BCUT2D eigenvalue weighted by atomic mass is 35.5. The largest absolute Gasteiger partial charge is 0.287 e. The summed E-state index contributed by atoms with van der Waals surface area (Å²) in [5, 5.41) is 7.57. The van der Waals surface area contributed by atoms with Gasteiger partial charge in [-0.25, -0.2) is 0 Å². The fraction of sp³-hybridized carbons (Fsp3) is 0. The molecule has 1 heterocycles. The number of carbonyl (C=O) groups excluding carboxylic acids is 1. The van der Waals surface area contributed by atoms with Gasteiger partial charge < -0.3 is 0 Å². The summed E-state index contributed by atoms with van der Waals surface area (Å²) in [6.07, 6.45) is 0. The van der Waals surface area contributed by atoms with Crippen molar-refractivity contribution in [1.29, 1.82) is 0 Å². The minimum atomic E-state index is -0.101. The maximum Gasteiger partial charge on any atom is 0.210 e. The van der Waals surface area contributed by atoms with Crippen LogP contribution < -0.4 is 0 Å². The number of rotatable bonds is 3. The molecule has 0 unspecified atom stereocenters. The average molecular weight is 283 g/mol. The van der Waals surface area contributed by atoms with Gasteiger partial charge in [-0.05, 0) is 30.3 Å². The van der Waals surface area contributed by atoms with Crippen molar-refractivity contribution >= 4 is 17.4 Å². The second-order valence-electron chi connectivity index (χ2n) is 4.37. The third-order valence-electron chi connectivity index (χ3n) is 3.00. The molecule has 0 saturated heterocycles. The molecule has 1 aromatic heterocycles. The Balaban J connectivity index is 1.90. The molecule has 1 N–H and O–H groups in total. The molecule has 0 saturated carbocycles. The number of halogens is 1. The molecule has 3 aromatic rings. The van der Waals surface area contributed by atoms with E-state index in [1.165, 1.54) is 0 Å². The monoisotopic (exact) mass is 282 g/mol. The van der Waals surface area contributed by atoms with E-state index in [2.05, 4.69) is 10.2 Å². The lowest BCUT2D eigenvalue weighted by molar-refractivity contribution is 0.103. The van der Waals surface area contributed by atoms with E-state index in [0.717, 1.165) is 11.3 Å². The minimum absolute atomic E-state index is 0.101. The van der Waals surface area contributed by atoms with E-state index < -0.39 is 0 Å². The number of aromatic nitrogens is 2. The van der Waals surface area contributed by atoms with Crippen LogP contribution in [-0.2, 0) is 0 Å². The van der Waals surface area contributed by atoms with Crippen molar-refractivity contribution in [2.75, 3.05) is 0 Å². The van der Waals surface area contributed by atoms with Crippen molar-refractivity contribution in [3.05, 3.63) is 76.9 Å². The van der Waals surface area contributed by atoms with Gasteiger partial charge in [-0.2, -0.15) is 5.10 Å². The fourth-order valence-electron chi connectivity index (χ4n) is 1.95. The Morgan fingerprint density at radius 2 is 1.70 bits per heavy atom. The third-order valence-corrected chi connectivity index (χ3v) is 3.25. The molecule has 2 aromatic carbocycles. The predicted octanol–water partition coefficient (Wildman–Crippen LogP) is 3.96. The molecule has 3 rings (SSSR count). The molecule has 0 atom stereocenters. The van der Waals surface area contributed by atoms with E-state index in [9.17, 15) is 4.79 Å². The molecular weight excluding hydrogens is 272 g/mol. The first-order chi connectivity index (χ1) is 9.74. The normalized spacial score (nSPS) is 10.4. The molecule has 4 heteroatoms. The molecule has 20 heavy (non-hydrogen) atoms. The predicted molar refractivity (Wildman–Crippen MR) is 78.9 cm³/mol. The zero-order chi connectivity index (χ0) is 13.9. The fourth-order valence-corrected chi connectivity index (χ4v) is 2.08. The van der Waals surface area contributed by atoms with Crippen molar-refractivity contribution < 1.29 is 4.79 Å². The van der Waals surface area contributed by atoms with Crippen molar-refractivity contribution in [2.45, 2.75) is 0 Å². The van der Waals surface area contributed by atoms with Crippen LogP contribution in [0.3, 0.4) is 0 Å².